The van der Waals surface area contributed by atoms with E-state index in [-0.39, 0.29) is 0 Å². The van der Waals surface area contributed by atoms with Gasteiger partial charge in [0.15, 0.2) is 0 Å². The van der Waals surface area contributed by atoms with Crippen molar-refractivity contribution < 1.29 is 5.11 Å². The molecule has 20 heavy (non-hydrogen) atoms. The van der Waals surface area contributed by atoms with Crippen molar-refractivity contribution in [3.8, 4) is 0 Å². The molecule has 3 aliphatic carbocycles. The fourth-order valence-corrected chi connectivity index (χ4v) is 5.45. The summed E-state index contributed by atoms with van der Waals surface area (Å²) in [6.07, 6.45) is 9.57. The van der Waals surface area contributed by atoms with E-state index in [1.165, 1.54) is 25.7 Å². The second-order valence-corrected chi connectivity index (χ2v) is 9.14. The first-order valence-electron chi connectivity index (χ1n) is 8.58. The molecule has 0 bridgehead atoms. The molecule has 1 N–H and O–H groups in total. The largest absolute Gasteiger partial charge is 0.390 e. The first-order chi connectivity index (χ1) is 9.16. The van der Waals surface area contributed by atoms with Crippen LogP contribution in [0.1, 0.15) is 73.1 Å². The van der Waals surface area contributed by atoms with Crippen LogP contribution in [0.4, 0.5) is 0 Å². The van der Waals surface area contributed by atoms with Gasteiger partial charge in [-0.1, -0.05) is 39.3 Å². The highest BCUT2D eigenvalue weighted by Gasteiger charge is 2.53. The maximum atomic E-state index is 10.4. The monoisotopic (exact) mass is 276 g/mol. The Hall–Kier alpha value is -0.300. The number of allylic oxidation sites excluding steroid dienone is 1. The van der Waals surface area contributed by atoms with Gasteiger partial charge in [-0.3, -0.25) is 0 Å². The van der Waals surface area contributed by atoms with Gasteiger partial charge in [0.25, 0.3) is 0 Å². The third-order valence-electron chi connectivity index (χ3n) is 7.43. The van der Waals surface area contributed by atoms with Gasteiger partial charge < -0.3 is 5.11 Å². The van der Waals surface area contributed by atoms with Crippen molar-refractivity contribution in [3.63, 3.8) is 0 Å². The number of hydrogen-bond acceptors (Lipinski definition) is 1. The van der Waals surface area contributed by atoms with Crippen LogP contribution in [-0.4, -0.2) is 10.7 Å². The van der Waals surface area contributed by atoms with Crippen molar-refractivity contribution in [1.82, 2.24) is 0 Å². The van der Waals surface area contributed by atoms with E-state index in [9.17, 15) is 5.11 Å². The van der Waals surface area contributed by atoms with Gasteiger partial charge in [0.2, 0.25) is 0 Å². The van der Waals surface area contributed by atoms with Gasteiger partial charge in [-0.2, -0.15) is 0 Å². The molecular weight excluding hydrogens is 244 g/mol. The summed E-state index contributed by atoms with van der Waals surface area (Å²) in [7, 11) is 0. The van der Waals surface area contributed by atoms with Gasteiger partial charge >= 0.3 is 0 Å². The highest BCUT2D eigenvalue weighted by Crippen LogP contribution is 2.61. The number of fused-ring (bicyclic) bond motifs is 3. The molecule has 0 aromatic rings. The average Bonchev–Trinajstić information content (AvgIpc) is 2.34. The van der Waals surface area contributed by atoms with E-state index in [1.807, 2.05) is 6.92 Å². The Bertz CT molecular complexity index is 431. The number of aliphatic hydroxyl groups is 1. The summed E-state index contributed by atoms with van der Waals surface area (Å²) >= 11 is 0. The molecule has 0 spiro atoms. The normalized spacial score (nSPS) is 50.9. The highest BCUT2D eigenvalue weighted by molar-refractivity contribution is 5.26. The first-order valence-corrected chi connectivity index (χ1v) is 8.58. The molecule has 0 heterocycles. The van der Waals surface area contributed by atoms with E-state index < -0.39 is 5.60 Å². The summed E-state index contributed by atoms with van der Waals surface area (Å²) in [4.78, 5) is 0. The van der Waals surface area contributed by atoms with Gasteiger partial charge in [-0.25, -0.2) is 0 Å². The third kappa shape index (κ3) is 2.08. The number of rotatable bonds is 0. The molecule has 0 aromatic heterocycles. The molecule has 2 fully saturated rings. The number of hydrogen-bond donors (Lipinski definition) is 1. The van der Waals surface area contributed by atoms with E-state index in [2.05, 4.69) is 33.8 Å². The lowest BCUT2D eigenvalue weighted by Gasteiger charge is -2.58. The lowest BCUT2D eigenvalue weighted by atomic mass is 9.47. The maximum Gasteiger partial charge on any atom is 0.0657 e. The summed E-state index contributed by atoms with van der Waals surface area (Å²) < 4.78 is 0. The van der Waals surface area contributed by atoms with E-state index in [0.29, 0.717) is 10.8 Å². The van der Waals surface area contributed by atoms with Crippen molar-refractivity contribution in [2.75, 3.05) is 0 Å². The van der Waals surface area contributed by atoms with Crippen molar-refractivity contribution in [2.45, 2.75) is 78.7 Å². The quantitative estimate of drug-likeness (QED) is 0.621. The van der Waals surface area contributed by atoms with Crippen molar-refractivity contribution in [2.24, 2.45) is 28.6 Å². The summed E-state index contributed by atoms with van der Waals surface area (Å²) in [5, 5.41) is 10.4. The zero-order valence-corrected chi connectivity index (χ0v) is 14.0. The molecule has 0 aliphatic heterocycles. The van der Waals surface area contributed by atoms with Gasteiger partial charge in [0.1, 0.15) is 0 Å². The molecule has 5 unspecified atom stereocenters. The Labute approximate surface area is 124 Å². The fourth-order valence-electron chi connectivity index (χ4n) is 5.45. The molecule has 0 amide bonds. The highest BCUT2D eigenvalue weighted by atomic mass is 16.3. The van der Waals surface area contributed by atoms with Gasteiger partial charge in [0.05, 0.1) is 5.60 Å². The Balaban J connectivity index is 1.93. The molecule has 5 atom stereocenters. The summed E-state index contributed by atoms with van der Waals surface area (Å²) in [6, 6.07) is 0. The first kappa shape index (κ1) is 14.6. The topological polar surface area (TPSA) is 20.2 Å². The Morgan fingerprint density at radius 2 is 1.80 bits per heavy atom. The van der Waals surface area contributed by atoms with Crippen molar-refractivity contribution in [1.29, 1.82) is 0 Å². The molecule has 1 nitrogen and oxygen atoms in total. The molecule has 3 rings (SSSR count). The molecule has 1 heteroatoms. The molecule has 3 aliphatic rings. The van der Waals surface area contributed by atoms with Crippen molar-refractivity contribution in [3.05, 3.63) is 11.6 Å². The van der Waals surface area contributed by atoms with Crippen molar-refractivity contribution >= 4 is 0 Å². The minimum atomic E-state index is -0.461. The molecule has 2 saturated carbocycles. The van der Waals surface area contributed by atoms with E-state index in [0.717, 1.165) is 30.6 Å². The zero-order valence-electron chi connectivity index (χ0n) is 14.0. The zero-order chi connectivity index (χ0) is 14.8. The molecule has 0 saturated heterocycles. The molecule has 0 radical (unpaired) electrons. The van der Waals surface area contributed by atoms with Crippen LogP contribution in [0, 0.1) is 28.6 Å². The van der Waals surface area contributed by atoms with Crippen LogP contribution in [0.3, 0.4) is 0 Å². The van der Waals surface area contributed by atoms with Gasteiger partial charge in [0, 0.05) is 0 Å². The summed E-state index contributed by atoms with van der Waals surface area (Å²) in [5.41, 5.74) is 1.98. The van der Waals surface area contributed by atoms with Crippen LogP contribution in [0.5, 0.6) is 0 Å². The lowest BCUT2D eigenvalue weighted by molar-refractivity contribution is -0.0562. The van der Waals surface area contributed by atoms with Crippen LogP contribution in [-0.2, 0) is 0 Å². The predicted octanol–water partition coefficient (Wildman–Crippen LogP) is 4.95. The van der Waals surface area contributed by atoms with Gasteiger partial charge in [-0.15, -0.1) is 0 Å². The standard InChI is InChI=1S/C19H32O/c1-13-15-7-6-14-12-18(4,20)10-11-19(14,5)16(15)8-9-17(13,2)3/h6,13,15-16,20H,7-12H2,1-5H3. The second kappa shape index (κ2) is 4.35. The summed E-state index contributed by atoms with van der Waals surface area (Å²) in [6.45, 7) is 11.9. The van der Waals surface area contributed by atoms with E-state index in [1.54, 1.807) is 5.57 Å². The van der Waals surface area contributed by atoms with Crippen LogP contribution < -0.4 is 0 Å². The Morgan fingerprint density at radius 1 is 1.10 bits per heavy atom. The average molecular weight is 276 g/mol. The smallest absolute Gasteiger partial charge is 0.0657 e. The van der Waals surface area contributed by atoms with Crippen LogP contribution in [0.15, 0.2) is 11.6 Å². The predicted molar refractivity (Wildman–Crippen MR) is 84.4 cm³/mol. The van der Waals surface area contributed by atoms with Crippen LogP contribution in [0.25, 0.3) is 0 Å². The Kier molecular flexibility index (Phi) is 3.18. The minimum Gasteiger partial charge on any atom is -0.390 e. The molecule has 114 valence electrons. The maximum absolute atomic E-state index is 10.4. The minimum absolute atomic E-state index is 0.371. The van der Waals surface area contributed by atoms with Crippen LogP contribution >= 0.6 is 0 Å². The van der Waals surface area contributed by atoms with Crippen LogP contribution in [0.2, 0.25) is 0 Å². The lowest BCUT2D eigenvalue weighted by Crippen LogP contribution is -2.50. The summed E-state index contributed by atoms with van der Waals surface area (Å²) in [5.74, 6) is 2.52. The Morgan fingerprint density at radius 3 is 2.50 bits per heavy atom. The fraction of sp³-hybridized carbons (Fsp3) is 0.895. The van der Waals surface area contributed by atoms with Gasteiger partial charge in [-0.05, 0) is 74.0 Å². The molecule has 0 aromatic carbocycles. The molecular formula is C19H32O. The van der Waals surface area contributed by atoms with E-state index >= 15 is 0 Å². The second-order valence-electron chi connectivity index (χ2n) is 9.14. The van der Waals surface area contributed by atoms with E-state index in [4.69, 9.17) is 0 Å². The SMILES string of the molecule is CC1C2CC=C3CC(C)(O)CCC3(C)C2CCC1(C)C. The third-order valence-corrected chi connectivity index (χ3v) is 7.43.